The zero-order valence-electron chi connectivity index (χ0n) is 15.5. The molecule has 0 atom stereocenters. The minimum absolute atomic E-state index is 0.0673. The zero-order chi connectivity index (χ0) is 19.5. The average Bonchev–Trinajstić information content (AvgIpc) is 2.98. The minimum Gasteiger partial charge on any atom is -0.403 e. The summed E-state index contributed by atoms with van der Waals surface area (Å²) in [5.74, 6) is -0.355. The molecule has 3 aromatic carbocycles. The molecule has 0 unspecified atom stereocenters. The van der Waals surface area contributed by atoms with Gasteiger partial charge in [-0.15, -0.1) is 0 Å². The monoisotopic (exact) mass is 369 g/mol. The van der Waals surface area contributed by atoms with Crippen LogP contribution in [0.5, 0.6) is 0 Å². The van der Waals surface area contributed by atoms with Crippen molar-refractivity contribution in [1.82, 2.24) is 4.90 Å². The molecule has 0 aliphatic carbocycles. The van der Waals surface area contributed by atoms with Crippen LogP contribution in [-0.4, -0.2) is 16.9 Å². The van der Waals surface area contributed by atoms with Crippen LogP contribution in [0.1, 0.15) is 22.3 Å². The van der Waals surface area contributed by atoms with Gasteiger partial charge in [0, 0.05) is 5.57 Å². The second-order valence-electron chi connectivity index (χ2n) is 6.68. The molecule has 0 radical (unpaired) electrons. The number of amides is 2. The van der Waals surface area contributed by atoms with Gasteiger partial charge in [-0.1, -0.05) is 90.5 Å². The number of hydrogen-bond donors (Lipinski definition) is 0. The lowest BCUT2D eigenvalue weighted by Crippen LogP contribution is -2.28. The fourth-order valence-electron chi connectivity index (χ4n) is 3.29. The van der Waals surface area contributed by atoms with Gasteiger partial charge < -0.3 is 4.74 Å². The lowest BCUT2D eigenvalue weighted by Gasteiger charge is -2.12. The second-order valence-corrected chi connectivity index (χ2v) is 6.68. The number of nitrogens with zero attached hydrogens (tertiary/aromatic N) is 1. The third-order valence-corrected chi connectivity index (χ3v) is 4.63. The Balaban J connectivity index is 1.80. The smallest absolute Gasteiger partial charge is 0.403 e. The number of carbonyl (C=O) groups is 2. The van der Waals surface area contributed by atoms with Gasteiger partial charge in [-0.25, -0.2) is 9.69 Å². The fourth-order valence-corrected chi connectivity index (χ4v) is 3.29. The van der Waals surface area contributed by atoms with Gasteiger partial charge in [0.2, 0.25) is 5.76 Å². The predicted molar refractivity (Wildman–Crippen MR) is 107 cm³/mol. The Labute approximate surface area is 163 Å². The quantitative estimate of drug-likeness (QED) is 0.613. The summed E-state index contributed by atoms with van der Waals surface area (Å²) < 4.78 is 5.49. The summed E-state index contributed by atoms with van der Waals surface area (Å²) in [6.07, 6.45) is -0.648. The van der Waals surface area contributed by atoms with Gasteiger partial charge in [-0.2, -0.15) is 0 Å². The summed E-state index contributed by atoms with van der Waals surface area (Å²) in [6.45, 7) is 2.17. The molecular formula is C24H19NO3. The highest BCUT2D eigenvalue weighted by atomic mass is 16.6. The van der Waals surface area contributed by atoms with Crippen molar-refractivity contribution in [3.63, 3.8) is 0 Å². The van der Waals surface area contributed by atoms with E-state index in [4.69, 9.17) is 4.74 Å². The third-order valence-electron chi connectivity index (χ3n) is 4.63. The normalized spacial score (nSPS) is 15.5. The highest BCUT2D eigenvalue weighted by Crippen LogP contribution is 2.32. The molecule has 1 aliphatic rings. The van der Waals surface area contributed by atoms with Gasteiger partial charge in [-0.05, 0) is 23.6 Å². The molecule has 138 valence electrons. The number of aryl methyl sites for hydroxylation is 1. The average molecular weight is 369 g/mol. The van der Waals surface area contributed by atoms with Crippen molar-refractivity contribution >= 4 is 17.6 Å². The van der Waals surface area contributed by atoms with Gasteiger partial charge >= 0.3 is 6.09 Å². The first kappa shape index (κ1) is 17.7. The summed E-state index contributed by atoms with van der Waals surface area (Å²) in [4.78, 5) is 26.7. The molecule has 4 nitrogen and oxygen atoms in total. The summed E-state index contributed by atoms with van der Waals surface area (Å²) in [7, 11) is 0. The van der Waals surface area contributed by atoms with E-state index < -0.39 is 12.0 Å². The van der Waals surface area contributed by atoms with Crippen LogP contribution in [0, 0.1) is 6.92 Å². The molecule has 0 aromatic heterocycles. The standard InChI is InChI=1S/C24H19NO3/c1-17-9-8-14-20(15-17)21(19-12-6-3-7-13-19)22-23(26)25(24(27)28-22)16-18-10-4-2-5-11-18/h2-15H,16H2,1H3. The maximum atomic E-state index is 13.1. The Kier molecular flexibility index (Phi) is 4.77. The van der Waals surface area contributed by atoms with E-state index in [-0.39, 0.29) is 12.3 Å². The van der Waals surface area contributed by atoms with Crippen molar-refractivity contribution in [3.05, 3.63) is 113 Å². The number of benzene rings is 3. The molecular weight excluding hydrogens is 350 g/mol. The molecule has 2 amide bonds. The third kappa shape index (κ3) is 3.45. The topological polar surface area (TPSA) is 46.6 Å². The van der Waals surface area contributed by atoms with Crippen LogP contribution in [-0.2, 0) is 16.1 Å². The summed E-state index contributed by atoms with van der Waals surface area (Å²) in [6, 6.07) is 26.7. The molecule has 0 saturated carbocycles. The van der Waals surface area contributed by atoms with E-state index in [1.54, 1.807) is 0 Å². The molecule has 1 fully saturated rings. The maximum Gasteiger partial charge on any atom is 0.422 e. The van der Waals surface area contributed by atoms with Crippen molar-refractivity contribution in [2.75, 3.05) is 0 Å². The van der Waals surface area contributed by atoms with Gasteiger partial charge in [0.15, 0.2) is 0 Å². The van der Waals surface area contributed by atoms with E-state index in [2.05, 4.69) is 0 Å². The van der Waals surface area contributed by atoms with Gasteiger partial charge in [0.1, 0.15) is 0 Å². The van der Waals surface area contributed by atoms with Crippen LogP contribution in [0.4, 0.5) is 4.79 Å². The van der Waals surface area contributed by atoms with E-state index in [9.17, 15) is 9.59 Å². The van der Waals surface area contributed by atoms with Crippen molar-refractivity contribution in [2.45, 2.75) is 13.5 Å². The molecule has 0 N–H and O–H groups in total. The molecule has 4 heteroatoms. The van der Waals surface area contributed by atoms with E-state index in [0.29, 0.717) is 5.57 Å². The van der Waals surface area contributed by atoms with E-state index in [0.717, 1.165) is 27.2 Å². The van der Waals surface area contributed by atoms with Crippen molar-refractivity contribution in [1.29, 1.82) is 0 Å². The molecule has 0 bridgehead atoms. The Morgan fingerprint density at radius 2 is 1.46 bits per heavy atom. The maximum absolute atomic E-state index is 13.1. The van der Waals surface area contributed by atoms with Gasteiger partial charge in [0.05, 0.1) is 6.54 Å². The van der Waals surface area contributed by atoms with Crippen LogP contribution in [0.3, 0.4) is 0 Å². The number of cyclic esters (lactones) is 1. The van der Waals surface area contributed by atoms with E-state index in [1.165, 1.54) is 0 Å². The van der Waals surface area contributed by atoms with Crippen molar-refractivity contribution in [3.8, 4) is 0 Å². The van der Waals surface area contributed by atoms with Crippen LogP contribution in [0.25, 0.3) is 5.57 Å². The number of ether oxygens (including phenoxy) is 1. The molecule has 3 aromatic rings. The van der Waals surface area contributed by atoms with Crippen LogP contribution in [0.15, 0.2) is 90.7 Å². The molecule has 1 heterocycles. The number of hydrogen-bond acceptors (Lipinski definition) is 3. The van der Waals surface area contributed by atoms with Gasteiger partial charge in [0.25, 0.3) is 5.91 Å². The molecule has 0 spiro atoms. The SMILES string of the molecule is Cc1cccc(C(=C2OC(=O)N(Cc3ccccc3)C2=O)c2ccccc2)c1. The first-order chi connectivity index (χ1) is 13.6. The largest absolute Gasteiger partial charge is 0.422 e. The van der Waals surface area contributed by atoms with Crippen molar-refractivity contribution < 1.29 is 14.3 Å². The first-order valence-corrected chi connectivity index (χ1v) is 9.08. The summed E-state index contributed by atoms with van der Waals surface area (Å²) in [5, 5.41) is 0. The zero-order valence-corrected chi connectivity index (χ0v) is 15.5. The van der Waals surface area contributed by atoms with Crippen LogP contribution < -0.4 is 0 Å². The van der Waals surface area contributed by atoms with Crippen LogP contribution >= 0.6 is 0 Å². The Bertz CT molecular complexity index is 1060. The number of rotatable bonds is 4. The lowest BCUT2D eigenvalue weighted by molar-refractivity contribution is -0.123. The predicted octanol–water partition coefficient (Wildman–Crippen LogP) is 4.93. The minimum atomic E-state index is -0.648. The number of carbonyl (C=O) groups excluding carboxylic acids is 2. The van der Waals surface area contributed by atoms with Crippen molar-refractivity contribution in [2.24, 2.45) is 0 Å². The molecule has 28 heavy (non-hydrogen) atoms. The lowest BCUT2D eigenvalue weighted by atomic mass is 9.95. The highest BCUT2D eigenvalue weighted by molar-refractivity contribution is 6.13. The molecule has 4 rings (SSSR count). The van der Waals surface area contributed by atoms with Crippen LogP contribution in [0.2, 0.25) is 0 Å². The van der Waals surface area contributed by atoms with E-state index >= 15 is 0 Å². The summed E-state index contributed by atoms with van der Waals surface area (Å²) in [5.41, 5.74) is 4.21. The molecule has 1 aliphatic heterocycles. The Hall–Kier alpha value is -3.66. The Morgan fingerprint density at radius 1 is 0.821 bits per heavy atom. The number of imide groups is 1. The fraction of sp³-hybridized carbons (Fsp3) is 0.0833. The highest BCUT2D eigenvalue weighted by Gasteiger charge is 2.39. The first-order valence-electron chi connectivity index (χ1n) is 9.08. The molecule has 1 saturated heterocycles. The van der Waals surface area contributed by atoms with Gasteiger partial charge in [-0.3, -0.25) is 4.79 Å². The Morgan fingerprint density at radius 3 is 2.14 bits per heavy atom. The summed E-state index contributed by atoms with van der Waals surface area (Å²) >= 11 is 0. The van der Waals surface area contributed by atoms with E-state index in [1.807, 2.05) is 91.9 Å². The second kappa shape index (κ2) is 7.53.